The number of benzene rings is 1. The Balaban J connectivity index is 1.18. The summed E-state index contributed by atoms with van der Waals surface area (Å²) in [7, 11) is 0. The number of anilines is 2. The average molecular weight is 473 g/mol. The molecule has 2 aliphatic rings. The molecule has 3 heterocycles. The van der Waals surface area contributed by atoms with Crippen LogP contribution in [-0.4, -0.2) is 45.6 Å². The standard InChI is InChI=1S/C25H24N6O4/c26-11-16-6-4-14-2-1-3-19(23(14)28-16)30-25(34)15-5-8-18(20(32)10-15)27-12-17-7-9-21-24(29-17)31-22(33)13-35-21/h1-4,6-7,9,15,18,20,27,32H,5,8,10,12-13H2,(H,30,34)(H,29,31,33). The Bertz CT molecular complexity index is 1340. The molecule has 3 aromatic rings. The van der Waals surface area contributed by atoms with Crippen molar-refractivity contribution in [3.8, 4) is 11.8 Å². The zero-order valence-corrected chi connectivity index (χ0v) is 18.8. The summed E-state index contributed by atoms with van der Waals surface area (Å²) in [6.45, 7) is 0.387. The highest BCUT2D eigenvalue weighted by Gasteiger charge is 2.33. The third-order valence-electron chi connectivity index (χ3n) is 6.36. The van der Waals surface area contributed by atoms with E-state index in [0.29, 0.717) is 54.3 Å². The Labute approximate surface area is 201 Å². The monoisotopic (exact) mass is 472 g/mol. The average Bonchev–Trinajstić information content (AvgIpc) is 2.87. The van der Waals surface area contributed by atoms with Crippen LogP contribution in [0.15, 0.2) is 42.5 Å². The van der Waals surface area contributed by atoms with Gasteiger partial charge in [-0.05, 0) is 49.6 Å². The van der Waals surface area contributed by atoms with E-state index in [1.54, 1.807) is 24.3 Å². The molecule has 5 rings (SSSR count). The predicted molar refractivity (Wildman–Crippen MR) is 127 cm³/mol. The van der Waals surface area contributed by atoms with Crippen molar-refractivity contribution in [1.82, 2.24) is 15.3 Å². The minimum absolute atomic E-state index is 0.0206. The Morgan fingerprint density at radius 2 is 2.09 bits per heavy atom. The Hall–Kier alpha value is -4.07. The molecule has 10 heteroatoms. The number of amides is 2. The summed E-state index contributed by atoms with van der Waals surface area (Å²) in [5, 5.41) is 29.6. The first-order valence-electron chi connectivity index (χ1n) is 11.4. The Morgan fingerprint density at radius 1 is 1.20 bits per heavy atom. The van der Waals surface area contributed by atoms with Gasteiger partial charge < -0.3 is 25.8 Å². The molecule has 4 N–H and O–H groups in total. The molecule has 3 unspecified atom stereocenters. The molecule has 0 spiro atoms. The van der Waals surface area contributed by atoms with Crippen LogP contribution in [0.2, 0.25) is 0 Å². The van der Waals surface area contributed by atoms with Crippen LogP contribution in [-0.2, 0) is 16.1 Å². The van der Waals surface area contributed by atoms with Crippen molar-refractivity contribution in [2.45, 2.75) is 38.0 Å². The number of aliphatic hydroxyl groups excluding tert-OH is 1. The normalized spacial score (nSPS) is 21.4. The lowest BCUT2D eigenvalue weighted by Gasteiger charge is -2.33. The molecule has 1 fully saturated rings. The number of ether oxygens (including phenoxy) is 1. The highest BCUT2D eigenvalue weighted by atomic mass is 16.5. The van der Waals surface area contributed by atoms with Gasteiger partial charge in [-0.1, -0.05) is 12.1 Å². The summed E-state index contributed by atoms with van der Waals surface area (Å²) in [4.78, 5) is 33.2. The number of aliphatic hydroxyl groups is 1. The second-order valence-corrected chi connectivity index (χ2v) is 8.73. The summed E-state index contributed by atoms with van der Waals surface area (Å²) < 4.78 is 5.32. The summed E-state index contributed by atoms with van der Waals surface area (Å²) in [5.74, 6) is 0.168. The molecule has 35 heavy (non-hydrogen) atoms. The van der Waals surface area contributed by atoms with Crippen LogP contribution >= 0.6 is 0 Å². The number of rotatable bonds is 5. The fourth-order valence-corrected chi connectivity index (χ4v) is 4.51. The van der Waals surface area contributed by atoms with Gasteiger partial charge in [-0.3, -0.25) is 9.59 Å². The minimum Gasteiger partial charge on any atom is -0.480 e. The van der Waals surface area contributed by atoms with Crippen molar-refractivity contribution in [1.29, 1.82) is 5.26 Å². The molecule has 0 bridgehead atoms. The topological polar surface area (TPSA) is 149 Å². The van der Waals surface area contributed by atoms with E-state index in [1.807, 2.05) is 24.3 Å². The SMILES string of the molecule is N#Cc1ccc2cccc(NC(=O)C3CCC(NCc4ccc5c(n4)NC(=O)CO5)C(O)C3)c2n1. The van der Waals surface area contributed by atoms with Crippen molar-refractivity contribution in [2.24, 2.45) is 5.92 Å². The van der Waals surface area contributed by atoms with Crippen LogP contribution in [0, 0.1) is 17.2 Å². The molecule has 2 amide bonds. The van der Waals surface area contributed by atoms with Gasteiger partial charge in [0.15, 0.2) is 18.2 Å². The van der Waals surface area contributed by atoms with Gasteiger partial charge in [0.1, 0.15) is 11.8 Å². The fourth-order valence-electron chi connectivity index (χ4n) is 4.51. The number of nitrogens with one attached hydrogen (secondary N) is 3. The van der Waals surface area contributed by atoms with E-state index in [0.717, 1.165) is 5.39 Å². The highest BCUT2D eigenvalue weighted by molar-refractivity contribution is 6.01. The van der Waals surface area contributed by atoms with E-state index in [1.165, 1.54) is 0 Å². The van der Waals surface area contributed by atoms with E-state index >= 15 is 0 Å². The number of pyridine rings is 2. The number of aromatic nitrogens is 2. The molecule has 1 aliphatic carbocycles. The smallest absolute Gasteiger partial charge is 0.263 e. The number of hydrogen-bond donors (Lipinski definition) is 4. The Morgan fingerprint density at radius 3 is 2.91 bits per heavy atom. The maximum atomic E-state index is 13.0. The second-order valence-electron chi connectivity index (χ2n) is 8.73. The molecule has 3 atom stereocenters. The van der Waals surface area contributed by atoms with Crippen LogP contribution < -0.4 is 20.7 Å². The van der Waals surface area contributed by atoms with Crippen LogP contribution in [0.4, 0.5) is 11.5 Å². The van der Waals surface area contributed by atoms with E-state index in [9.17, 15) is 14.7 Å². The molecule has 1 saturated carbocycles. The minimum atomic E-state index is -0.698. The number of fused-ring (bicyclic) bond motifs is 2. The van der Waals surface area contributed by atoms with Gasteiger partial charge in [-0.2, -0.15) is 5.26 Å². The summed E-state index contributed by atoms with van der Waals surface area (Å²) in [6.07, 6.45) is 0.864. The molecular formula is C25H24N6O4. The highest BCUT2D eigenvalue weighted by Crippen LogP contribution is 2.29. The third-order valence-corrected chi connectivity index (χ3v) is 6.36. The molecule has 2 aromatic heterocycles. The Kier molecular flexibility index (Phi) is 6.27. The molecule has 0 saturated heterocycles. The lowest BCUT2D eigenvalue weighted by atomic mass is 9.83. The number of hydrogen-bond acceptors (Lipinski definition) is 8. The molecule has 10 nitrogen and oxygen atoms in total. The molecule has 1 aliphatic heterocycles. The molecular weight excluding hydrogens is 448 g/mol. The summed E-state index contributed by atoms with van der Waals surface area (Å²) in [6, 6.07) is 14.3. The van der Waals surface area contributed by atoms with Crippen LogP contribution in [0.5, 0.6) is 5.75 Å². The molecule has 178 valence electrons. The van der Waals surface area contributed by atoms with Crippen molar-refractivity contribution >= 4 is 34.2 Å². The first-order valence-corrected chi connectivity index (χ1v) is 11.4. The van der Waals surface area contributed by atoms with E-state index < -0.39 is 6.10 Å². The van der Waals surface area contributed by atoms with Gasteiger partial charge in [-0.25, -0.2) is 9.97 Å². The predicted octanol–water partition coefficient (Wildman–Crippen LogP) is 2.09. The van der Waals surface area contributed by atoms with E-state index in [-0.39, 0.29) is 36.1 Å². The van der Waals surface area contributed by atoms with Gasteiger partial charge in [0.05, 0.1) is 23.0 Å². The molecule has 1 aromatic carbocycles. The largest absolute Gasteiger partial charge is 0.480 e. The van der Waals surface area contributed by atoms with Crippen molar-refractivity contribution in [3.63, 3.8) is 0 Å². The van der Waals surface area contributed by atoms with Crippen LogP contribution in [0.3, 0.4) is 0 Å². The van der Waals surface area contributed by atoms with E-state index in [4.69, 9.17) is 10.00 Å². The number of carbonyl (C=O) groups is 2. The summed E-state index contributed by atoms with van der Waals surface area (Å²) >= 11 is 0. The zero-order chi connectivity index (χ0) is 24.4. The maximum Gasteiger partial charge on any atom is 0.263 e. The lowest BCUT2D eigenvalue weighted by Crippen LogP contribution is -2.46. The number of carbonyl (C=O) groups excluding carboxylic acids is 2. The van der Waals surface area contributed by atoms with Gasteiger partial charge in [0.25, 0.3) is 5.91 Å². The second kappa shape index (κ2) is 9.66. The van der Waals surface area contributed by atoms with E-state index in [2.05, 4.69) is 25.9 Å². The van der Waals surface area contributed by atoms with Gasteiger partial charge in [0, 0.05) is 23.9 Å². The van der Waals surface area contributed by atoms with Crippen molar-refractivity contribution in [3.05, 3.63) is 53.9 Å². The third kappa shape index (κ3) is 4.91. The zero-order valence-electron chi connectivity index (χ0n) is 18.8. The first-order chi connectivity index (χ1) is 17.0. The quantitative estimate of drug-likeness (QED) is 0.441. The van der Waals surface area contributed by atoms with Crippen LogP contribution in [0.1, 0.15) is 30.7 Å². The number of nitrogens with zero attached hydrogens (tertiary/aromatic N) is 3. The van der Waals surface area contributed by atoms with Crippen molar-refractivity contribution in [2.75, 3.05) is 17.2 Å². The molecule has 0 radical (unpaired) electrons. The fraction of sp³-hybridized carbons (Fsp3) is 0.320. The van der Waals surface area contributed by atoms with Gasteiger partial charge in [-0.15, -0.1) is 0 Å². The van der Waals surface area contributed by atoms with Gasteiger partial charge >= 0.3 is 0 Å². The number of nitriles is 1. The van der Waals surface area contributed by atoms with Crippen LogP contribution in [0.25, 0.3) is 10.9 Å². The summed E-state index contributed by atoms with van der Waals surface area (Å²) in [5.41, 5.74) is 2.11. The number of para-hydroxylation sites is 1. The maximum absolute atomic E-state index is 13.0. The van der Waals surface area contributed by atoms with Crippen molar-refractivity contribution < 1.29 is 19.4 Å². The lowest BCUT2D eigenvalue weighted by molar-refractivity contribution is -0.122. The van der Waals surface area contributed by atoms with Gasteiger partial charge in [0.2, 0.25) is 5.91 Å². The first kappa shape index (κ1) is 22.7.